The molecule has 1 aliphatic rings. The Bertz CT molecular complexity index is 1400. The predicted molar refractivity (Wildman–Crippen MR) is 160 cm³/mol. The van der Waals surface area contributed by atoms with Crippen LogP contribution in [0.1, 0.15) is 66.3 Å². The average Bonchev–Trinajstić information content (AvgIpc) is 3.72. The fraction of sp³-hybridized carbons (Fsp3) is 0.303. The van der Waals surface area contributed by atoms with Crippen LogP contribution in [0.3, 0.4) is 0 Å². The summed E-state index contributed by atoms with van der Waals surface area (Å²) in [5.74, 6) is 2.10. The van der Waals surface area contributed by atoms with Crippen LogP contribution in [0.5, 0.6) is 0 Å². The minimum atomic E-state index is -0.833. The summed E-state index contributed by atoms with van der Waals surface area (Å²) < 4.78 is 0. The molecule has 3 aromatic carbocycles. The maximum absolute atomic E-state index is 10.7. The van der Waals surface area contributed by atoms with Crippen molar-refractivity contribution in [3.8, 4) is 0 Å². The van der Waals surface area contributed by atoms with Crippen molar-refractivity contribution in [1.82, 2.24) is 4.98 Å². The molecule has 4 aromatic rings. The van der Waals surface area contributed by atoms with Crippen molar-refractivity contribution in [3.63, 3.8) is 0 Å². The monoisotopic (exact) mass is 527 g/mol. The Kier molecular flexibility index (Phi) is 8.04. The zero-order chi connectivity index (χ0) is 25.8. The highest BCUT2D eigenvalue weighted by atomic mass is 35.5. The predicted octanol–water partition coefficient (Wildman–Crippen LogP) is 9.10. The van der Waals surface area contributed by atoms with Crippen molar-refractivity contribution in [2.45, 2.75) is 50.4 Å². The highest BCUT2D eigenvalue weighted by Crippen LogP contribution is 2.41. The Labute approximate surface area is 229 Å². The van der Waals surface area contributed by atoms with Gasteiger partial charge in [0.1, 0.15) is 0 Å². The molecule has 1 atom stereocenters. The SMILES string of the molecule is CC(C)(O)c1ccccc1CCC(SCC1CC1)c1cccc(/C=C/c2ccc3ccc(Cl)cc3n2)c1. The summed E-state index contributed by atoms with van der Waals surface area (Å²) in [7, 11) is 0. The second kappa shape index (κ2) is 11.4. The number of hydrogen-bond acceptors (Lipinski definition) is 3. The second-order valence-corrected chi connectivity index (χ2v) is 12.3. The lowest BCUT2D eigenvalue weighted by molar-refractivity contribution is 0.0776. The largest absolute Gasteiger partial charge is 0.386 e. The molecule has 0 amide bonds. The van der Waals surface area contributed by atoms with Gasteiger partial charge < -0.3 is 5.11 Å². The van der Waals surface area contributed by atoms with Gasteiger partial charge in [0.15, 0.2) is 0 Å². The van der Waals surface area contributed by atoms with Gasteiger partial charge in [0.2, 0.25) is 0 Å². The Morgan fingerprint density at radius 2 is 1.81 bits per heavy atom. The zero-order valence-corrected chi connectivity index (χ0v) is 23.1. The van der Waals surface area contributed by atoms with E-state index in [9.17, 15) is 5.11 Å². The Morgan fingerprint density at radius 1 is 1.00 bits per heavy atom. The van der Waals surface area contributed by atoms with Crippen molar-refractivity contribution in [2.75, 3.05) is 5.75 Å². The molecule has 0 radical (unpaired) electrons. The van der Waals surface area contributed by atoms with Crippen LogP contribution in [0.4, 0.5) is 0 Å². The quantitative estimate of drug-likeness (QED) is 0.223. The van der Waals surface area contributed by atoms with E-state index in [1.165, 1.54) is 35.3 Å². The molecule has 5 rings (SSSR count). The van der Waals surface area contributed by atoms with E-state index in [1.807, 2.05) is 44.2 Å². The third-order valence-electron chi connectivity index (χ3n) is 6.99. The third kappa shape index (κ3) is 7.04. The van der Waals surface area contributed by atoms with E-state index in [1.54, 1.807) is 0 Å². The van der Waals surface area contributed by atoms with E-state index in [-0.39, 0.29) is 0 Å². The first-order valence-electron chi connectivity index (χ1n) is 13.1. The lowest BCUT2D eigenvalue weighted by atomic mass is 9.90. The number of nitrogens with zero attached hydrogens (tertiary/aromatic N) is 1. The van der Waals surface area contributed by atoms with Gasteiger partial charge in [0.25, 0.3) is 0 Å². The van der Waals surface area contributed by atoms with Gasteiger partial charge in [-0.2, -0.15) is 11.8 Å². The number of benzene rings is 3. The molecular formula is C33H34ClNOS. The van der Waals surface area contributed by atoms with Gasteiger partial charge in [-0.05, 0) is 97.7 Å². The molecule has 4 heteroatoms. The molecule has 1 fully saturated rings. The van der Waals surface area contributed by atoms with Crippen LogP contribution in [0.25, 0.3) is 23.1 Å². The molecule has 1 saturated carbocycles. The molecular weight excluding hydrogens is 494 g/mol. The van der Waals surface area contributed by atoms with Crippen molar-refractivity contribution in [1.29, 1.82) is 0 Å². The summed E-state index contributed by atoms with van der Waals surface area (Å²) in [5.41, 5.74) is 5.81. The Hall–Kier alpha value is -2.59. The lowest BCUT2D eigenvalue weighted by Gasteiger charge is -2.23. The number of aryl methyl sites for hydroxylation is 1. The van der Waals surface area contributed by atoms with Crippen molar-refractivity contribution >= 4 is 46.4 Å². The second-order valence-electron chi connectivity index (χ2n) is 10.6. The van der Waals surface area contributed by atoms with Crippen molar-refractivity contribution in [2.24, 2.45) is 5.92 Å². The van der Waals surface area contributed by atoms with Crippen LogP contribution >= 0.6 is 23.4 Å². The number of fused-ring (bicyclic) bond motifs is 1. The van der Waals surface area contributed by atoms with Gasteiger partial charge >= 0.3 is 0 Å². The van der Waals surface area contributed by atoms with E-state index in [0.29, 0.717) is 10.3 Å². The molecule has 190 valence electrons. The van der Waals surface area contributed by atoms with Crippen LogP contribution in [0, 0.1) is 5.92 Å². The summed E-state index contributed by atoms with van der Waals surface area (Å²) in [4.78, 5) is 4.76. The fourth-order valence-electron chi connectivity index (χ4n) is 4.75. The number of halogens is 1. The van der Waals surface area contributed by atoms with Crippen molar-refractivity contribution in [3.05, 3.63) is 112 Å². The third-order valence-corrected chi connectivity index (χ3v) is 8.80. The summed E-state index contributed by atoms with van der Waals surface area (Å²) in [6.07, 6.45) is 8.96. The summed E-state index contributed by atoms with van der Waals surface area (Å²) in [6, 6.07) is 27.2. The van der Waals surface area contributed by atoms with Gasteiger partial charge in [0, 0.05) is 15.7 Å². The van der Waals surface area contributed by atoms with Crippen LogP contribution in [-0.2, 0) is 12.0 Å². The van der Waals surface area contributed by atoms with Crippen LogP contribution in [0.2, 0.25) is 5.02 Å². The molecule has 0 aliphatic heterocycles. The number of aliphatic hydroxyl groups is 1. The molecule has 1 aliphatic carbocycles. The first-order valence-corrected chi connectivity index (χ1v) is 14.5. The molecule has 0 bridgehead atoms. The molecule has 0 spiro atoms. The minimum absolute atomic E-state index is 0.421. The van der Waals surface area contributed by atoms with Gasteiger partial charge in [-0.25, -0.2) is 4.98 Å². The summed E-state index contributed by atoms with van der Waals surface area (Å²) in [5, 5.41) is 12.9. The van der Waals surface area contributed by atoms with E-state index in [2.05, 4.69) is 72.4 Å². The standard InChI is InChI=1S/C33H34ClNOS/c1-33(2,36)30-9-4-3-7-25(30)15-19-32(37-22-24-10-11-24)27-8-5-6-23(20-27)12-17-29-18-14-26-13-16-28(34)21-31(26)35-29/h3-9,12-14,16-18,20-21,24,32,36H,10-11,15,19,22H2,1-2H3/b17-12+. The van der Waals surface area contributed by atoms with Crippen LogP contribution < -0.4 is 0 Å². The number of rotatable bonds is 10. The van der Waals surface area contributed by atoms with E-state index in [0.717, 1.165) is 40.9 Å². The molecule has 37 heavy (non-hydrogen) atoms. The maximum atomic E-state index is 10.7. The van der Waals surface area contributed by atoms with Crippen LogP contribution in [-0.4, -0.2) is 15.8 Å². The van der Waals surface area contributed by atoms with E-state index < -0.39 is 5.60 Å². The molecule has 1 aromatic heterocycles. The lowest BCUT2D eigenvalue weighted by Crippen LogP contribution is -2.18. The van der Waals surface area contributed by atoms with Gasteiger partial charge in [-0.3, -0.25) is 0 Å². The molecule has 2 nitrogen and oxygen atoms in total. The van der Waals surface area contributed by atoms with E-state index >= 15 is 0 Å². The normalized spacial score (nSPS) is 14.9. The fourth-order valence-corrected chi connectivity index (χ4v) is 6.38. The first-order chi connectivity index (χ1) is 17.8. The maximum Gasteiger partial charge on any atom is 0.0843 e. The first kappa shape index (κ1) is 26.0. The summed E-state index contributed by atoms with van der Waals surface area (Å²) in [6.45, 7) is 3.75. The molecule has 1 N–H and O–H groups in total. The van der Waals surface area contributed by atoms with Gasteiger partial charge in [0.05, 0.1) is 16.8 Å². The Morgan fingerprint density at radius 3 is 2.62 bits per heavy atom. The van der Waals surface area contributed by atoms with Crippen molar-refractivity contribution < 1.29 is 5.11 Å². The topological polar surface area (TPSA) is 33.1 Å². The van der Waals surface area contributed by atoms with E-state index in [4.69, 9.17) is 16.6 Å². The number of pyridine rings is 1. The average molecular weight is 528 g/mol. The number of thioether (sulfide) groups is 1. The van der Waals surface area contributed by atoms with Gasteiger partial charge in [-0.15, -0.1) is 0 Å². The minimum Gasteiger partial charge on any atom is -0.386 e. The zero-order valence-electron chi connectivity index (χ0n) is 21.5. The Balaban J connectivity index is 1.34. The van der Waals surface area contributed by atoms with Gasteiger partial charge in [-0.1, -0.05) is 78.3 Å². The highest BCUT2D eigenvalue weighted by Gasteiger charge is 2.25. The highest BCUT2D eigenvalue weighted by molar-refractivity contribution is 7.99. The summed E-state index contributed by atoms with van der Waals surface area (Å²) >= 11 is 8.26. The molecule has 0 saturated heterocycles. The molecule has 1 unspecified atom stereocenters. The van der Waals surface area contributed by atoms with Crippen LogP contribution in [0.15, 0.2) is 78.9 Å². The number of hydrogen-bond donors (Lipinski definition) is 1. The molecule has 1 heterocycles. The smallest absolute Gasteiger partial charge is 0.0843 e. The number of aromatic nitrogens is 1.